The molecule has 1 saturated heterocycles. The molecule has 4 nitrogen and oxygen atoms in total. The summed E-state index contributed by atoms with van der Waals surface area (Å²) in [6.45, 7) is 8.46. The second-order valence-corrected chi connectivity index (χ2v) is 9.44. The molecule has 1 N–H and O–H groups in total. The van der Waals surface area contributed by atoms with Gasteiger partial charge in [0.25, 0.3) is 0 Å². The third kappa shape index (κ3) is 3.80. The van der Waals surface area contributed by atoms with E-state index in [1.54, 1.807) is 12.1 Å². The van der Waals surface area contributed by atoms with Gasteiger partial charge in [0.2, 0.25) is 0 Å². The number of aliphatic hydroxyl groups is 1. The summed E-state index contributed by atoms with van der Waals surface area (Å²) in [4.78, 5) is 7.34. The van der Waals surface area contributed by atoms with Crippen molar-refractivity contribution >= 4 is 51.5 Å². The monoisotopic (exact) mass is 465 g/mol. The Bertz CT molecular complexity index is 1080. The van der Waals surface area contributed by atoms with Gasteiger partial charge in [-0.05, 0) is 69.7 Å². The number of anilines is 1. The van der Waals surface area contributed by atoms with Crippen LogP contribution < -0.4 is 4.90 Å². The highest BCUT2D eigenvalue weighted by Crippen LogP contribution is 2.40. The summed E-state index contributed by atoms with van der Waals surface area (Å²) < 4.78 is 2.06. The van der Waals surface area contributed by atoms with Crippen molar-refractivity contribution in [1.82, 2.24) is 9.55 Å². The first-order chi connectivity index (χ1) is 14.3. The van der Waals surface area contributed by atoms with Crippen LogP contribution in [0.3, 0.4) is 0 Å². The highest BCUT2D eigenvalue weighted by atomic mass is 35.5. The van der Waals surface area contributed by atoms with Crippen molar-refractivity contribution in [2.24, 2.45) is 5.92 Å². The molecule has 0 unspecified atom stereocenters. The van der Waals surface area contributed by atoms with Crippen molar-refractivity contribution in [2.45, 2.75) is 40.0 Å². The van der Waals surface area contributed by atoms with Gasteiger partial charge in [0, 0.05) is 47.2 Å². The maximum atomic E-state index is 9.26. The van der Waals surface area contributed by atoms with Gasteiger partial charge in [0.05, 0.1) is 15.7 Å². The number of pyridine rings is 1. The molecule has 0 spiro atoms. The van der Waals surface area contributed by atoms with Gasteiger partial charge in [-0.3, -0.25) is 4.57 Å². The first-order valence-electron chi connectivity index (χ1n) is 10.3. The zero-order valence-corrected chi connectivity index (χ0v) is 19.7. The molecule has 0 aliphatic carbocycles. The van der Waals surface area contributed by atoms with Crippen molar-refractivity contribution in [2.75, 3.05) is 24.6 Å². The van der Waals surface area contributed by atoms with E-state index in [-0.39, 0.29) is 6.61 Å². The Kier molecular flexibility index (Phi) is 6.23. The van der Waals surface area contributed by atoms with Gasteiger partial charge in [-0.1, -0.05) is 34.8 Å². The molecule has 7 heteroatoms. The molecule has 1 aromatic carbocycles. The lowest BCUT2D eigenvalue weighted by Crippen LogP contribution is -2.34. The van der Waals surface area contributed by atoms with Gasteiger partial charge in [0.1, 0.15) is 5.65 Å². The zero-order valence-electron chi connectivity index (χ0n) is 17.5. The Morgan fingerprint density at radius 1 is 1.03 bits per heavy atom. The summed E-state index contributed by atoms with van der Waals surface area (Å²) >= 11 is 19.3. The molecule has 0 bridgehead atoms. The quantitative estimate of drug-likeness (QED) is 0.476. The number of benzene rings is 1. The number of hydrogen-bond acceptors (Lipinski definition) is 3. The number of fused-ring (bicyclic) bond motifs is 1. The largest absolute Gasteiger partial charge is 0.396 e. The summed E-state index contributed by atoms with van der Waals surface area (Å²) in [5, 5.41) is 11.9. The predicted octanol–water partition coefficient (Wildman–Crippen LogP) is 6.51. The van der Waals surface area contributed by atoms with Crippen LogP contribution in [0.4, 0.5) is 5.69 Å². The van der Waals surface area contributed by atoms with Gasteiger partial charge < -0.3 is 10.0 Å². The van der Waals surface area contributed by atoms with Crippen LogP contribution in [0.2, 0.25) is 15.1 Å². The van der Waals surface area contributed by atoms with Crippen molar-refractivity contribution in [3.05, 3.63) is 50.2 Å². The highest BCUT2D eigenvalue weighted by molar-refractivity contribution is 6.40. The Balaban J connectivity index is 1.88. The van der Waals surface area contributed by atoms with E-state index in [2.05, 4.69) is 29.4 Å². The van der Waals surface area contributed by atoms with Gasteiger partial charge in [-0.15, -0.1) is 0 Å². The van der Waals surface area contributed by atoms with Crippen LogP contribution >= 0.6 is 34.8 Å². The van der Waals surface area contributed by atoms with Crippen LogP contribution in [-0.2, 0) is 0 Å². The van der Waals surface area contributed by atoms with Crippen LogP contribution in [0.25, 0.3) is 16.7 Å². The zero-order chi connectivity index (χ0) is 21.6. The molecule has 1 aliphatic heterocycles. The maximum absolute atomic E-state index is 9.26. The van der Waals surface area contributed by atoms with Crippen molar-refractivity contribution in [3.63, 3.8) is 0 Å². The SMILES string of the molecule is Cc1cc(N2CCC(CCO)CC2)c2c(C)c(C)n(-c3c(Cl)cc(Cl)cc3Cl)c2n1. The number of nitrogens with zero attached hydrogens (tertiary/aromatic N) is 3. The number of hydrogen-bond donors (Lipinski definition) is 1. The molecular formula is C23H26Cl3N3O. The maximum Gasteiger partial charge on any atom is 0.147 e. The third-order valence-corrected chi connectivity index (χ3v) is 7.06. The number of piperidine rings is 1. The number of halogens is 3. The van der Waals surface area contributed by atoms with E-state index in [4.69, 9.17) is 39.8 Å². The fourth-order valence-electron chi connectivity index (χ4n) is 4.59. The molecule has 1 fully saturated rings. The smallest absolute Gasteiger partial charge is 0.147 e. The summed E-state index contributed by atoms with van der Waals surface area (Å²) in [6, 6.07) is 5.61. The fraction of sp³-hybridized carbons (Fsp3) is 0.435. The van der Waals surface area contributed by atoms with Crippen molar-refractivity contribution < 1.29 is 5.11 Å². The average molecular weight is 467 g/mol. The Hall–Kier alpha value is -1.46. The van der Waals surface area contributed by atoms with Crippen molar-refractivity contribution in [1.29, 1.82) is 0 Å². The summed E-state index contributed by atoms with van der Waals surface area (Å²) in [7, 11) is 0. The molecule has 3 aromatic rings. The van der Waals surface area contributed by atoms with Crippen molar-refractivity contribution in [3.8, 4) is 5.69 Å². The molecule has 0 amide bonds. The second kappa shape index (κ2) is 8.58. The Morgan fingerprint density at radius 2 is 1.67 bits per heavy atom. The standard InChI is InChI=1S/C23H26Cl3N3O/c1-13-10-20(28-7-4-16(5-8-28)6-9-30)21-14(2)15(3)29(23(21)27-13)22-18(25)11-17(24)12-19(22)26/h10-12,16,30H,4-9H2,1-3H3. The van der Waals surface area contributed by atoms with Crippen LogP contribution in [0.1, 0.15) is 36.2 Å². The van der Waals surface area contributed by atoms with E-state index in [9.17, 15) is 5.11 Å². The first kappa shape index (κ1) is 21.8. The molecule has 160 valence electrons. The minimum atomic E-state index is 0.271. The predicted molar refractivity (Wildman–Crippen MR) is 127 cm³/mol. The third-order valence-electron chi connectivity index (χ3n) is 6.27. The van der Waals surface area contributed by atoms with E-state index in [1.807, 2.05) is 6.92 Å². The molecule has 4 rings (SSSR count). The number of rotatable bonds is 4. The lowest BCUT2D eigenvalue weighted by Gasteiger charge is -2.34. The number of aliphatic hydroxyl groups excluding tert-OH is 1. The molecule has 0 atom stereocenters. The fourth-order valence-corrected chi connectivity index (χ4v) is 5.57. The first-order valence-corrected chi connectivity index (χ1v) is 11.4. The van der Waals surface area contributed by atoms with E-state index in [0.717, 1.165) is 54.8 Å². The molecular weight excluding hydrogens is 441 g/mol. The van der Waals surface area contributed by atoms with Gasteiger partial charge in [-0.2, -0.15) is 0 Å². The normalized spacial score (nSPS) is 15.4. The molecule has 1 aliphatic rings. The van der Waals surface area contributed by atoms with Crippen LogP contribution in [0.15, 0.2) is 18.2 Å². The molecule has 30 heavy (non-hydrogen) atoms. The number of aromatic nitrogens is 2. The van der Waals surface area contributed by atoms with Crippen LogP contribution in [0.5, 0.6) is 0 Å². The Labute approximate surface area is 192 Å². The lowest BCUT2D eigenvalue weighted by molar-refractivity contribution is 0.240. The van der Waals surface area contributed by atoms with Gasteiger partial charge in [0.15, 0.2) is 0 Å². The van der Waals surface area contributed by atoms with E-state index in [1.165, 1.54) is 11.3 Å². The molecule has 0 radical (unpaired) electrons. The molecule has 0 saturated carbocycles. The van der Waals surface area contributed by atoms with Gasteiger partial charge in [-0.25, -0.2) is 4.98 Å². The topological polar surface area (TPSA) is 41.3 Å². The summed E-state index contributed by atoms with van der Waals surface area (Å²) in [6.07, 6.45) is 3.08. The minimum absolute atomic E-state index is 0.271. The summed E-state index contributed by atoms with van der Waals surface area (Å²) in [5.41, 5.74) is 5.97. The number of aryl methyl sites for hydroxylation is 2. The lowest BCUT2D eigenvalue weighted by atomic mass is 9.93. The molecule has 3 heterocycles. The molecule has 2 aromatic heterocycles. The van der Waals surface area contributed by atoms with E-state index < -0.39 is 0 Å². The Morgan fingerprint density at radius 3 is 2.27 bits per heavy atom. The van der Waals surface area contributed by atoms with E-state index in [0.29, 0.717) is 26.7 Å². The van der Waals surface area contributed by atoms with Crippen LogP contribution in [-0.4, -0.2) is 34.4 Å². The highest BCUT2D eigenvalue weighted by Gasteiger charge is 2.25. The van der Waals surface area contributed by atoms with Crippen LogP contribution in [0, 0.1) is 26.7 Å². The minimum Gasteiger partial charge on any atom is -0.396 e. The van der Waals surface area contributed by atoms with E-state index >= 15 is 0 Å². The van der Waals surface area contributed by atoms with Gasteiger partial charge >= 0.3 is 0 Å². The average Bonchev–Trinajstić information content (AvgIpc) is 2.92. The second-order valence-electron chi connectivity index (χ2n) is 8.19. The summed E-state index contributed by atoms with van der Waals surface area (Å²) in [5.74, 6) is 0.601.